The quantitative estimate of drug-likeness (QED) is 0.836. The third-order valence-corrected chi connectivity index (χ3v) is 5.56. The highest BCUT2D eigenvalue weighted by Gasteiger charge is 2.41. The SMILES string of the molecule is CC(C)c1cnc(S[C@@H]2CCN(C3CC3)C2=O)n1C(C)C. The van der Waals surface area contributed by atoms with Crippen LogP contribution in [-0.4, -0.2) is 38.2 Å². The Bertz CT molecular complexity index is 534. The van der Waals surface area contributed by atoms with Gasteiger partial charge in [-0.05, 0) is 39.0 Å². The average Bonchev–Trinajstić information content (AvgIpc) is 3.06. The van der Waals surface area contributed by atoms with Gasteiger partial charge in [0.25, 0.3) is 0 Å². The summed E-state index contributed by atoms with van der Waals surface area (Å²) >= 11 is 1.66. The van der Waals surface area contributed by atoms with Crippen LogP contribution >= 0.6 is 11.8 Å². The molecule has 21 heavy (non-hydrogen) atoms. The highest BCUT2D eigenvalue weighted by Crippen LogP contribution is 2.37. The van der Waals surface area contributed by atoms with Crippen molar-refractivity contribution in [2.45, 2.75) is 75.4 Å². The Morgan fingerprint density at radius 1 is 1.24 bits per heavy atom. The molecule has 1 saturated heterocycles. The summed E-state index contributed by atoms with van der Waals surface area (Å²) < 4.78 is 2.29. The molecule has 0 aromatic carbocycles. The van der Waals surface area contributed by atoms with Crippen LogP contribution in [0.25, 0.3) is 0 Å². The second-order valence-electron chi connectivity index (χ2n) is 6.74. The molecule has 1 saturated carbocycles. The van der Waals surface area contributed by atoms with Crippen molar-refractivity contribution in [1.82, 2.24) is 14.5 Å². The molecule has 1 amide bonds. The molecule has 116 valence electrons. The molecule has 5 heteroatoms. The summed E-state index contributed by atoms with van der Waals surface area (Å²) in [6.45, 7) is 9.69. The van der Waals surface area contributed by atoms with Gasteiger partial charge < -0.3 is 9.47 Å². The second kappa shape index (κ2) is 5.67. The Morgan fingerprint density at radius 2 is 1.95 bits per heavy atom. The van der Waals surface area contributed by atoms with Crippen molar-refractivity contribution in [3.8, 4) is 0 Å². The molecule has 4 nitrogen and oxygen atoms in total. The molecule has 2 heterocycles. The Balaban J connectivity index is 1.77. The highest BCUT2D eigenvalue weighted by molar-refractivity contribution is 8.00. The molecule has 2 fully saturated rings. The molecule has 1 aliphatic heterocycles. The van der Waals surface area contributed by atoms with E-state index in [1.54, 1.807) is 11.8 Å². The fourth-order valence-electron chi connectivity index (χ4n) is 3.05. The van der Waals surface area contributed by atoms with Crippen molar-refractivity contribution in [1.29, 1.82) is 0 Å². The number of imidazole rings is 1. The van der Waals surface area contributed by atoms with Gasteiger partial charge in [0, 0.05) is 30.5 Å². The molecular weight excluding hydrogens is 282 g/mol. The Kier molecular flexibility index (Phi) is 4.04. The summed E-state index contributed by atoms with van der Waals surface area (Å²) in [6, 6.07) is 0.919. The number of nitrogens with zero attached hydrogens (tertiary/aromatic N) is 3. The molecule has 0 radical (unpaired) electrons. The van der Waals surface area contributed by atoms with E-state index in [-0.39, 0.29) is 5.25 Å². The summed E-state index contributed by atoms with van der Waals surface area (Å²) in [5.74, 6) is 0.781. The number of carbonyl (C=O) groups excluding carboxylic acids is 1. The van der Waals surface area contributed by atoms with E-state index in [2.05, 4.69) is 42.1 Å². The topological polar surface area (TPSA) is 38.1 Å². The van der Waals surface area contributed by atoms with Crippen LogP contribution in [0.2, 0.25) is 0 Å². The fourth-order valence-corrected chi connectivity index (χ4v) is 4.31. The zero-order valence-electron chi connectivity index (χ0n) is 13.4. The number of aromatic nitrogens is 2. The molecule has 0 unspecified atom stereocenters. The van der Waals surface area contributed by atoms with Crippen molar-refractivity contribution >= 4 is 17.7 Å². The van der Waals surface area contributed by atoms with Crippen molar-refractivity contribution < 1.29 is 4.79 Å². The van der Waals surface area contributed by atoms with Crippen molar-refractivity contribution in [3.63, 3.8) is 0 Å². The van der Waals surface area contributed by atoms with Crippen LogP contribution in [0.5, 0.6) is 0 Å². The number of rotatable bonds is 5. The highest BCUT2D eigenvalue weighted by atomic mass is 32.2. The van der Waals surface area contributed by atoms with Crippen LogP contribution in [-0.2, 0) is 4.79 Å². The Hall–Kier alpha value is -0.970. The van der Waals surface area contributed by atoms with Crippen LogP contribution in [0.1, 0.15) is 64.6 Å². The average molecular weight is 307 g/mol. The van der Waals surface area contributed by atoms with Gasteiger partial charge in [0.2, 0.25) is 5.91 Å². The molecule has 3 rings (SSSR count). The summed E-state index contributed by atoms with van der Waals surface area (Å²) in [7, 11) is 0. The lowest BCUT2D eigenvalue weighted by molar-refractivity contribution is -0.127. The van der Waals surface area contributed by atoms with Crippen molar-refractivity contribution in [3.05, 3.63) is 11.9 Å². The van der Waals surface area contributed by atoms with E-state index in [0.29, 0.717) is 23.9 Å². The van der Waals surface area contributed by atoms with Gasteiger partial charge in [-0.2, -0.15) is 0 Å². The van der Waals surface area contributed by atoms with Gasteiger partial charge in [0.1, 0.15) is 0 Å². The summed E-state index contributed by atoms with van der Waals surface area (Å²) in [6.07, 6.45) is 5.33. The minimum absolute atomic E-state index is 0.0607. The maximum Gasteiger partial charge on any atom is 0.236 e. The molecule has 1 aliphatic carbocycles. The van der Waals surface area contributed by atoms with Crippen molar-refractivity contribution in [2.24, 2.45) is 0 Å². The van der Waals surface area contributed by atoms with E-state index in [0.717, 1.165) is 18.1 Å². The molecule has 0 N–H and O–H groups in total. The predicted octanol–water partition coefficient (Wildman–Crippen LogP) is 3.44. The van der Waals surface area contributed by atoms with Crippen LogP contribution in [0.4, 0.5) is 0 Å². The number of amides is 1. The third-order valence-electron chi connectivity index (χ3n) is 4.33. The minimum Gasteiger partial charge on any atom is -0.339 e. The molecule has 1 aromatic rings. The van der Waals surface area contributed by atoms with Gasteiger partial charge in [0.05, 0.1) is 5.25 Å². The molecule has 0 bridgehead atoms. The van der Waals surface area contributed by atoms with Crippen molar-refractivity contribution in [2.75, 3.05) is 6.54 Å². The first-order chi connectivity index (χ1) is 9.99. The number of thioether (sulfide) groups is 1. The molecule has 0 spiro atoms. The lowest BCUT2D eigenvalue weighted by atomic mass is 10.1. The van der Waals surface area contributed by atoms with Gasteiger partial charge in [-0.1, -0.05) is 25.6 Å². The first-order valence-electron chi connectivity index (χ1n) is 8.03. The number of hydrogen-bond acceptors (Lipinski definition) is 3. The molecule has 2 aliphatic rings. The Labute approximate surface area is 131 Å². The van der Waals surface area contributed by atoms with Gasteiger partial charge in [-0.15, -0.1) is 0 Å². The molecule has 1 aromatic heterocycles. The lowest BCUT2D eigenvalue weighted by Crippen LogP contribution is -2.30. The number of likely N-dealkylation sites (tertiary alicyclic amines) is 1. The zero-order valence-corrected chi connectivity index (χ0v) is 14.2. The third kappa shape index (κ3) is 2.85. The normalized spacial score (nSPS) is 22.9. The standard InChI is InChI=1S/C16H25N3OS/c1-10(2)13-9-17-16(19(13)11(3)4)21-14-7-8-18(15(14)20)12-5-6-12/h9-12,14H,5-8H2,1-4H3/t14-/m1/s1. The first kappa shape index (κ1) is 14.9. The largest absolute Gasteiger partial charge is 0.339 e. The lowest BCUT2D eigenvalue weighted by Gasteiger charge is -2.19. The van der Waals surface area contributed by atoms with Gasteiger partial charge in [0.15, 0.2) is 5.16 Å². The molecular formula is C16H25N3OS. The fraction of sp³-hybridized carbons (Fsp3) is 0.750. The van der Waals surface area contributed by atoms with Crippen LogP contribution in [0, 0.1) is 0 Å². The number of carbonyl (C=O) groups is 1. The summed E-state index contributed by atoms with van der Waals surface area (Å²) in [5, 5.41) is 1.07. The molecule has 1 atom stereocenters. The number of hydrogen-bond donors (Lipinski definition) is 0. The zero-order chi connectivity index (χ0) is 15.1. The van der Waals surface area contributed by atoms with Crippen LogP contribution in [0.3, 0.4) is 0 Å². The van der Waals surface area contributed by atoms with Crippen LogP contribution < -0.4 is 0 Å². The van der Waals surface area contributed by atoms with E-state index >= 15 is 0 Å². The van der Waals surface area contributed by atoms with Gasteiger partial charge >= 0.3 is 0 Å². The summed E-state index contributed by atoms with van der Waals surface area (Å²) in [4.78, 5) is 19.2. The van der Waals surface area contributed by atoms with Gasteiger partial charge in [-0.3, -0.25) is 4.79 Å². The van der Waals surface area contributed by atoms with E-state index in [9.17, 15) is 4.79 Å². The van der Waals surface area contributed by atoms with E-state index in [1.807, 2.05) is 6.20 Å². The maximum absolute atomic E-state index is 12.5. The van der Waals surface area contributed by atoms with E-state index in [1.165, 1.54) is 18.5 Å². The second-order valence-corrected chi connectivity index (χ2v) is 7.91. The Morgan fingerprint density at radius 3 is 2.52 bits per heavy atom. The smallest absolute Gasteiger partial charge is 0.236 e. The monoisotopic (exact) mass is 307 g/mol. The van der Waals surface area contributed by atoms with E-state index < -0.39 is 0 Å². The predicted molar refractivity (Wildman–Crippen MR) is 85.7 cm³/mol. The van der Waals surface area contributed by atoms with Gasteiger partial charge in [-0.25, -0.2) is 4.98 Å². The van der Waals surface area contributed by atoms with Crippen LogP contribution in [0.15, 0.2) is 11.4 Å². The first-order valence-corrected chi connectivity index (χ1v) is 8.91. The van der Waals surface area contributed by atoms with E-state index in [4.69, 9.17) is 0 Å². The minimum atomic E-state index is 0.0607. The summed E-state index contributed by atoms with van der Waals surface area (Å²) in [5.41, 5.74) is 1.26. The maximum atomic E-state index is 12.5.